The molecule has 2 aromatic rings. The fourth-order valence-corrected chi connectivity index (χ4v) is 2.50. The Labute approximate surface area is 125 Å². The standard InChI is InChI=1S/C17H21N3O/c1-11(2)15-14(10-12-8-9-12)18-17(19-15)20-16(21)13-6-4-3-5-7-13/h3-7,11-12H,8-10H2,1-2H3,(H2,18,19,20,21). The largest absolute Gasteiger partial charge is 0.328 e. The number of H-pyrrole nitrogens is 1. The van der Waals surface area contributed by atoms with E-state index in [1.807, 2.05) is 18.2 Å². The average Bonchev–Trinajstić information content (AvgIpc) is 3.19. The van der Waals surface area contributed by atoms with Crippen LogP contribution in [-0.4, -0.2) is 15.9 Å². The molecule has 0 unspecified atom stereocenters. The molecule has 1 aromatic heterocycles. The first-order valence-electron chi connectivity index (χ1n) is 7.58. The number of hydrogen-bond acceptors (Lipinski definition) is 2. The summed E-state index contributed by atoms with van der Waals surface area (Å²) in [6, 6.07) is 9.21. The molecule has 4 nitrogen and oxygen atoms in total. The fraction of sp³-hybridized carbons (Fsp3) is 0.412. The summed E-state index contributed by atoms with van der Waals surface area (Å²) in [5, 5.41) is 2.86. The van der Waals surface area contributed by atoms with Gasteiger partial charge in [0.25, 0.3) is 5.91 Å². The summed E-state index contributed by atoms with van der Waals surface area (Å²) in [4.78, 5) is 20.0. The molecule has 4 heteroatoms. The van der Waals surface area contributed by atoms with Crippen LogP contribution in [0.1, 0.15) is 54.4 Å². The summed E-state index contributed by atoms with van der Waals surface area (Å²) in [5.41, 5.74) is 2.89. The molecule has 0 aliphatic heterocycles. The van der Waals surface area contributed by atoms with Crippen molar-refractivity contribution >= 4 is 11.9 Å². The van der Waals surface area contributed by atoms with Crippen LogP contribution >= 0.6 is 0 Å². The van der Waals surface area contributed by atoms with Crippen molar-refractivity contribution in [1.29, 1.82) is 0 Å². The highest BCUT2D eigenvalue weighted by Gasteiger charge is 2.25. The third-order valence-electron chi connectivity index (χ3n) is 3.82. The van der Waals surface area contributed by atoms with Crippen molar-refractivity contribution in [2.45, 2.75) is 39.0 Å². The number of hydrogen-bond donors (Lipinski definition) is 2. The van der Waals surface area contributed by atoms with Gasteiger partial charge in [0.2, 0.25) is 5.95 Å². The van der Waals surface area contributed by atoms with Crippen LogP contribution in [0.5, 0.6) is 0 Å². The van der Waals surface area contributed by atoms with Gasteiger partial charge in [0.05, 0.1) is 5.69 Å². The van der Waals surface area contributed by atoms with Crippen LogP contribution in [0.15, 0.2) is 30.3 Å². The van der Waals surface area contributed by atoms with Gasteiger partial charge in [0.15, 0.2) is 0 Å². The maximum Gasteiger partial charge on any atom is 0.257 e. The lowest BCUT2D eigenvalue weighted by molar-refractivity contribution is 0.102. The predicted molar refractivity (Wildman–Crippen MR) is 83.5 cm³/mol. The minimum atomic E-state index is -0.127. The number of aromatic nitrogens is 2. The van der Waals surface area contributed by atoms with E-state index < -0.39 is 0 Å². The van der Waals surface area contributed by atoms with Crippen LogP contribution in [0, 0.1) is 5.92 Å². The zero-order chi connectivity index (χ0) is 14.8. The highest BCUT2D eigenvalue weighted by atomic mass is 16.1. The Balaban J connectivity index is 1.77. The minimum Gasteiger partial charge on any atom is -0.328 e. The molecule has 0 spiro atoms. The quantitative estimate of drug-likeness (QED) is 0.878. The highest BCUT2D eigenvalue weighted by Crippen LogP contribution is 2.34. The van der Waals surface area contributed by atoms with Gasteiger partial charge in [0.1, 0.15) is 0 Å². The minimum absolute atomic E-state index is 0.127. The van der Waals surface area contributed by atoms with E-state index >= 15 is 0 Å². The summed E-state index contributed by atoms with van der Waals surface area (Å²) < 4.78 is 0. The van der Waals surface area contributed by atoms with Crippen molar-refractivity contribution < 1.29 is 4.79 Å². The van der Waals surface area contributed by atoms with Gasteiger partial charge in [0, 0.05) is 11.3 Å². The third-order valence-corrected chi connectivity index (χ3v) is 3.82. The molecule has 110 valence electrons. The molecular formula is C17H21N3O. The van der Waals surface area contributed by atoms with Gasteiger partial charge in [-0.3, -0.25) is 10.1 Å². The zero-order valence-corrected chi connectivity index (χ0v) is 12.5. The molecule has 0 saturated heterocycles. The molecule has 1 saturated carbocycles. The first-order chi connectivity index (χ1) is 10.1. The molecule has 1 amide bonds. The third kappa shape index (κ3) is 3.32. The summed E-state index contributed by atoms with van der Waals surface area (Å²) >= 11 is 0. The van der Waals surface area contributed by atoms with E-state index in [1.54, 1.807) is 12.1 Å². The Hall–Kier alpha value is -2.10. The fourth-order valence-electron chi connectivity index (χ4n) is 2.50. The van der Waals surface area contributed by atoms with Crippen molar-refractivity contribution in [2.24, 2.45) is 5.92 Å². The monoisotopic (exact) mass is 283 g/mol. The number of benzene rings is 1. The number of anilines is 1. The Morgan fingerprint density at radius 2 is 2.05 bits per heavy atom. The Kier molecular flexibility index (Phi) is 3.78. The topological polar surface area (TPSA) is 57.8 Å². The summed E-state index contributed by atoms with van der Waals surface area (Å²) in [7, 11) is 0. The molecule has 0 atom stereocenters. The van der Waals surface area contributed by atoms with E-state index in [-0.39, 0.29) is 5.91 Å². The normalized spacial score (nSPS) is 14.4. The van der Waals surface area contributed by atoms with Gasteiger partial charge in [-0.15, -0.1) is 0 Å². The molecular weight excluding hydrogens is 262 g/mol. The summed E-state index contributed by atoms with van der Waals surface area (Å²) in [5.74, 6) is 1.58. The number of imidazole rings is 1. The average molecular weight is 283 g/mol. The Morgan fingerprint density at radius 1 is 1.33 bits per heavy atom. The van der Waals surface area contributed by atoms with E-state index in [9.17, 15) is 4.79 Å². The van der Waals surface area contributed by atoms with E-state index in [4.69, 9.17) is 0 Å². The highest BCUT2D eigenvalue weighted by molar-refractivity contribution is 6.03. The first kappa shape index (κ1) is 13.9. The van der Waals surface area contributed by atoms with Gasteiger partial charge in [-0.2, -0.15) is 0 Å². The number of aromatic amines is 1. The zero-order valence-electron chi connectivity index (χ0n) is 12.5. The van der Waals surface area contributed by atoms with Crippen molar-refractivity contribution in [3.63, 3.8) is 0 Å². The number of carbonyl (C=O) groups excluding carboxylic acids is 1. The van der Waals surface area contributed by atoms with Crippen LogP contribution in [0.3, 0.4) is 0 Å². The van der Waals surface area contributed by atoms with E-state index in [0.29, 0.717) is 17.4 Å². The molecule has 0 bridgehead atoms. The van der Waals surface area contributed by atoms with Crippen molar-refractivity contribution in [3.05, 3.63) is 47.3 Å². The van der Waals surface area contributed by atoms with Crippen molar-refractivity contribution in [1.82, 2.24) is 9.97 Å². The molecule has 2 N–H and O–H groups in total. The van der Waals surface area contributed by atoms with Crippen LogP contribution < -0.4 is 5.32 Å². The van der Waals surface area contributed by atoms with Crippen LogP contribution in [-0.2, 0) is 6.42 Å². The Morgan fingerprint density at radius 3 is 2.67 bits per heavy atom. The molecule has 1 aliphatic carbocycles. The maximum absolute atomic E-state index is 12.2. The molecule has 1 fully saturated rings. The lowest BCUT2D eigenvalue weighted by Gasteiger charge is -2.03. The smallest absolute Gasteiger partial charge is 0.257 e. The predicted octanol–water partition coefficient (Wildman–Crippen LogP) is 3.74. The molecule has 21 heavy (non-hydrogen) atoms. The molecule has 1 aliphatic rings. The summed E-state index contributed by atoms with van der Waals surface area (Å²) in [6.07, 6.45) is 3.66. The van der Waals surface area contributed by atoms with E-state index in [1.165, 1.54) is 18.5 Å². The number of rotatable bonds is 5. The van der Waals surface area contributed by atoms with Crippen molar-refractivity contribution in [3.8, 4) is 0 Å². The number of carbonyl (C=O) groups is 1. The van der Waals surface area contributed by atoms with Gasteiger partial charge in [-0.1, -0.05) is 32.0 Å². The van der Waals surface area contributed by atoms with Crippen LogP contribution in [0.4, 0.5) is 5.95 Å². The Bertz CT molecular complexity index is 627. The van der Waals surface area contributed by atoms with Crippen molar-refractivity contribution in [2.75, 3.05) is 5.32 Å². The molecule has 1 heterocycles. The van der Waals surface area contributed by atoms with E-state index in [0.717, 1.165) is 18.0 Å². The second-order valence-electron chi connectivity index (χ2n) is 6.07. The maximum atomic E-state index is 12.2. The number of nitrogens with zero attached hydrogens (tertiary/aromatic N) is 1. The van der Waals surface area contributed by atoms with Crippen LogP contribution in [0.2, 0.25) is 0 Å². The lowest BCUT2D eigenvalue weighted by Crippen LogP contribution is -2.12. The number of nitrogens with one attached hydrogen (secondary N) is 2. The second kappa shape index (κ2) is 5.72. The second-order valence-corrected chi connectivity index (χ2v) is 6.07. The summed E-state index contributed by atoms with van der Waals surface area (Å²) in [6.45, 7) is 4.27. The molecule has 0 radical (unpaired) electrons. The van der Waals surface area contributed by atoms with Gasteiger partial charge in [-0.25, -0.2) is 4.98 Å². The van der Waals surface area contributed by atoms with Gasteiger partial charge >= 0.3 is 0 Å². The SMILES string of the molecule is CC(C)c1nc(NC(=O)c2ccccc2)[nH]c1CC1CC1. The van der Waals surface area contributed by atoms with Gasteiger partial charge in [-0.05, 0) is 43.2 Å². The van der Waals surface area contributed by atoms with E-state index in [2.05, 4.69) is 29.1 Å². The molecule has 1 aromatic carbocycles. The first-order valence-corrected chi connectivity index (χ1v) is 7.58. The van der Waals surface area contributed by atoms with Gasteiger partial charge < -0.3 is 4.98 Å². The van der Waals surface area contributed by atoms with Crippen LogP contribution in [0.25, 0.3) is 0 Å². The lowest BCUT2D eigenvalue weighted by atomic mass is 10.1. The molecule has 3 rings (SSSR count). The number of amides is 1.